The quantitative estimate of drug-likeness (QED) is 0.891. The number of hydrogen-bond donors (Lipinski definition) is 1. The van der Waals surface area contributed by atoms with Gasteiger partial charge >= 0.3 is 0 Å². The van der Waals surface area contributed by atoms with Crippen molar-refractivity contribution in [2.24, 2.45) is 0 Å². The van der Waals surface area contributed by atoms with Gasteiger partial charge in [0.2, 0.25) is 5.91 Å². The molecule has 4 heteroatoms. The number of benzene rings is 2. The lowest BCUT2D eigenvalue weighted by Gasteiger charge is -2.08. The summed E-state index contributed by atoms with van der Waals surface area (Å²) in [5.41, 5.74) is 2.58. The first-order valence-electron chi connectivity index (χ1n) is 6.35. The molecule has 0 saturated heterocycles. The van der Waals surface area contributed by atoms with Gasteiger partial charge in [-0.2, -0.15) is 0 Å². The predicted octanol–water partition coefficient (Wildman–Crippen LogP) is 4.36. The number of nitrogens with one attached hydrogen (secondary N) is 1. The Balaban J connectivity index is 1.90. The van der Waals surface area contributed by atoms with Crippen molar-refractivity contribution in [3.8, 4) is 0 Å². The molecule has 0 atom stereocenters. The van der Waals surface area contributed by atoms with Gasteiger partial charge < -0.3 is 5.32 Å². The molecule has 0 aromatic heterocycles. The van der Waals surface area contributed by atoms with E-state index in [-0.39, 0.29) is 11.7 Å². The summed E-state index contributed by atoms with van der Waals surface area (Å²) < 4.78 is 12.8. The van der Waals surface area contributed by atoms with Gasteiger partial charge in [-0.3, -0.25) is 4.79 Å². The number of carbonyl (C=O) groups excluding carboxylic acids is 1. The summed E-state index contributed by atoms with van der Waals surface area (Å²) in [5, 5.41) is 3.30. The third-order valence-corrected chi connectivity index (χ3v) is 3.27. The summed E-state index contributed by atoms with van der Waals surface area (Å²) in [6.07, 6.45) is 0.894. The Bertz CT molecular complexity index is 610. The first kappa shape index (κ1) is 14.5. The fourth-order valence-corrected chi connectivity index (χ4v) is 2.13. The van der Waals surface area contributed by atoms with Crippen LogP contribution in [0.25, 0.3) is 0 Å². The van der Waals surface area contributed by atoms with Crippen LogP contribution < -0.4 is 5.32 Å². The van der Waals surface area contributed by atoms with Crippen LogP contribution in [0.1, 0.15) is 17.5 Å². The SMILES string of the molecule is Cc1ccc(NC(=O)CCc2ccc(F)cc2)c(Cl)c1. The maximum absolute atomic E-state index is 12.8. The first-order chi connectivity index (χ1) is 9.54. The predicted molar refractivity (Wildman–Crippen MR) is 79.5 cm³/mol. The van der Waals surface area contributed by atoms with Crippen LogP contribution in [0.15, 0.2) is 42.5 Å². The van der Waals surface area contributed by atoms with Crippen molar-refractivity contribution in [2.45, 2.75) is 19.8 Å². The highest BCUT2D eigenvalue weighted by Gasteiger charge is 2.06. The molecule has 1 N–H and O–H groups in total. The number of aryl methyl sites for hydroxylation is 2. The van der Waals surface area contributed by atoms with Crippen LogP contribution in [0, 0.1) is 12.7 Å². The largest absolute Gasteiger partial charge is 0.325 e. The first-order valence-corrected chi connectivity index (χ1v) is 6.73. The van der Waals surface area contributed by atoms with Crippen LogP contribution >= 0.6 is 11.6 Å². The molecule has 2 nitrogen and oxygen atoms in total. The minimum atomic E-state index is -0.273. The van der Waals surface area contributed by atoms with E-state index in [9.17, 15) is 9.18 Å². The standard InChI is InChI=1S/C16H15ClFNO/c1-11-2-8-15(14(17)10-11)19-16(20)9-5-12-3-6-13(18)7-4-12/h2-4,6-8,10H,5,9H2,1H3,(H,19,20). The number of halogens is 2. The van der Waals surface area contributed by atoms with Crippen molar-refractivity contribution in [3.63, 3.8) is 0 Å². The Labute approximate surface area is 122 Å². The van der Waals surface area contributed by atoms with E-state index in [0.29, 0.717) is 23.6 Å². The van der Waals surface area contributed by atoms with E-state index in [1.807, 2.05) is 13.0 Å². The van der Waals surface area contributed by atoms with Crippen molar-refractivity contribution in [1.82, 2.24) is 0 Å². The Morgan fingerprint density at radius 3 is 2.55 bits per heavy atom. The van der Waals surface area contributed by atoms with Crippen LogP contribution in [0.5, 0.6) is 0 Å². The van der Waals surface area contributed by atoms with Gasteiger partial charge in [-0.1, -0.05) is 29.8 Å². The van der Waals surface area contributed by atoms with E-state index < -0.39 is 0 Å². The van der Waals surface area contributed by atoms with E-state index in [2.05, 4.69) is 5.32 Å². The summed E-state index contributed by atoms with van der Waals surface area (Å²) in [5.74, 6) is -0.385. The van der Waals surface area contributed by atoms with Crippen molar-refractivity contribution in [2.75, 3.05) is 5.32 Å². The van der Waals surface area contributed by atoms with Gasteiger partial charge in [0.25, 0.3) is 0 Å². The molecule has 0 bridgehead atoms. The molecule has 0 unspecified atom stereocenters. The van der Waals surface area contributed by atoms with Crippen molar-refractivity contribution >= 4 is 23.2 Å². The topological polar surface area (TPSA) is 29.1 Å². The number of hydrogen-bond acceptors (Lipinski definition) is 1. The smallest absolute Gasteiger partial charge is 0.224 e. The zero-order valence-corrected chi connectivity index (χ0v) is 11.9. The lowest BCUT2D eigenvalue weighted by molar-refractivity contribution is -0.116. The highest BCUT2D eigenvalue weighted by atomic mass is 35.5. The number of anilines is 1. The van der Waals surface area contributed by atoms with E-state index in [0.717, 1.165) is 11.1 Å². The lowest BCUT2D eigenvalue weighted by atomic mass is 10.1. The molecule has 1 amide bonds. The molecule has 0 radical (unpaired) electrons. The highest BCUT2D eigenvalue weighted by Crippen LogP contribution is 2.22. The summed E-state index contributed by atoms with van der Waals surface area (Å²) >= 11 is 6.05. The van der Waals surface area contributed by atoms with Crippen molar-refractivity contribution in [3.05, 3.63) is 64.4 Å². The minimum absolute atomic E-state index is 0.111. The van der Waals surface area contributed by atoms with E-state index >= 15 is 0 Å². The van der Waals surface area contributed by atoms with E-state index in [4.69, 9.17) is 11.6 Å². The second-order valence-corrected chi connectivity index (χ2v) is 5.07. The lowest BCUT2D eigenvalue weighted by Crippen LogP contribution is -2.12. The molecule has 0 aliphatic heterocycles. The zero-order chi connectivity index (χ0) is 14.5. The van der Waals surface area contributed by atoms with Crippen LogP contribution in [0.3, 0.4) is 0 Å². The van der Waals surface area contributed by atoms with Gasteiger partial charge in [0, 0.05) is 6.42 Å². The Morgan fingerprint density at radius 1 is 1.20 bits per heavy atom. The highest BCUT2D eigenvalue weighted by molar-refractivity contribution is 6.33. The van der Waals surface area contributed by atoms with Crippen molar-refractivity contribution < 1.29 is 9.18 Å². The molecule has 0 spiro atoms. The van der Waals surface area contributed by atoms with Gasteiger partial charge in [0.1, 0.15) is 5.82 Å². The van der Waals surface area contributed by atoms with Crippen LogP contribution in [0.2, 0.25) is 5.02 Å². The molecular formula is C16H15ClFNO. The second-order valence-electron chi connectivity index (χ2n) is 4.66. The molecule has 2 rings (SSSR count). The average molecular weight is 292 g/mol. The number of rotatable bonds is 4. The molecule has 2 aromatic carbocycles. The molecule has 104 valence electrons. The molecule has 0 saturated carbocycles. The van der Waals surface area contributed by atoms with Gasteiger partial charge in [0.15, 0.2) is 0 Å². The Kier molecular flexibility index (Phi) is 4.74. The Hall–Kier alpha value is -1.87. The number of carbonyl (C=O) groups is 1. The summed E-state index contributed by atoms with van der Waals surface area (Å²) in [6, 6.07) is 11.6. The number of amides is 1. The second kappa shape index (κ2) is 6.53. The van der Waals surface area contributed by atoms with Crippen molar-refractivity contribution in [1.29, 1.82) is 0 Å². The van der Waals surface area contributed by atoms with E-state index in [1.54, 1.807) is 24.3 Å². The third kappa shape index (κ3) is 4.07. The van der Waals surface area contributed by atoms with Gasteiger partial charge in [0.05, 0.1) is 10.7 Å². The molecule has 0 fully saturated rings. The molecular weight excluding hydrogens is 277 g/mol. The van der Waals surface area contributed by atoms with Crippen LogP contribution in [0.4, 0.5) is 10.1 Å². The minimum Gasteiger partial charge on any atom is -0.325 e. The Morgan fingerprint density at radius 2 is 1.90 bits per heavy atom. The monoisotopic (exact) mass is 291 g/mol. The fraction of sp³-hybridized carbons (Fsp3) is 0.188. The summed E-state index contributed by atoms with van der Waals surface area (Å²) in [6.45, 7) is 1.94. The molecule has 20 heavy (non-hydrogen) atoms. The van der Waals surface area contributed by atoms with E-state index in [1.165, 1.54) is 12.1 Å². The molecule has 0 aliphatic carbocycles. The third-order valence-electron chi connectivity index (χ3n) is 2.95. The normalized spacial score (nSPS) is 10.3. The zero-order valence-electron chi connectivity index (χ0n) is 11.1. The summed E-state index contributed by atoms with van der Waals surface area (Å²) in [7, 11) is 0. The average Bonchev–Trinajstić information content (AvgIpc) is 2.41. The molecule has 0 aliphatic rings. The van der Waals surface area contributed by atoms with Gasteiger partial charge in [-0.25, -0.2) is 4.39 Å². The summed E-state index contributed by atoms with van der Waals surface area (Å²) in [4.78, 5) is 11.8. The van der Waals surface area contributed by atoms with Gasteiger partial charge in [-0.05, 0) is 48.7 Å². The maximum Gasteiger partial charge on any atom is 0.224 e. The molecule has 2 aromatic rings. The maximum atomic E-state index is 12.8. The van der Waals surface area contributed by atoms with Crippen LogP contribution in [-0.2, 0) is 11.2 Å². The van der Waals surface area contributed by atoms with Crippen LogP contribution in [-0.4, -0.2) is 5.91 Å². The fourth-order valence-electron chi connectivity index (χ4n) is 1.84. The molecule has 0 heterocycles. The van der Waals surface area contributed by atoms with Gasteiger partial charge in [-0.15, -0.1) is 0 Å².